The highest BCUT2D eigenvalue weighted by atomic mass is 32.2. The summed E-state index contributed by atoms with van der Waals surface area (Å²) in [6.07, 6.45) is -4.08. The average molecular weight is 681 g/mol. The highest BCUT2D eigenvalue weighted by Crippen LogP contribution is 2.37. The largest absolute Gasteiger partial charge is 0.416 e. The van der Waals surface area contributed by atoms with Crippen LogP contribution in [0.3, 0.4) is 0 Å². The second-order valence-electron chi connectivity index (χ2n) is 12.4. The summed E-state index contributed by atoms with van der Waals surface area (Å²) in [6.45, 7) is 7.99. The molecule has 3 aromatic rings. The molecule has 0 spiro atoms. The van der Waals surface area contributed by atoms with E-state index in [1.165, 1.54) is 28.6 Å². The quantitative estimate of drug-likeness (QED) is 0.316. The molecule has 47 heavy (non-hydrogen) atoms. The van der Waals surface area contributed by atoms with E-state index in [1.54, 1.807) is 4.68 Å². The Kier molecular flexibility index (Phi) is 10.4. The summed E-state index contributed by atoms with van der Waals surface area (Å²) >= 11 is 0. The Hall–Kier alpha value is -3.37. The van der Waals surface area contributed by atoms with Crippen LogP contribution in [0.2, 0.25) is 0 Å². The molecule has 2 aliphatic rings. The summed E-state index contributed by atoms with van der Waals surface area (Å²) in [5.41, 5.74) is 0.824. The highest BCUT2D eigenvalue weighted by Gasteiger charge is 2.35. The SMILES string of the molecule is CC(C)N1CCN(CC(O)Cn2nc(-c3ccc(C(F)(F)F)c(CNC(=O)c4ccc(F)cc4)c3)c3c2CCN(S(C)(=O)=O)C3)CC1. The number of aliphatic hydroxyl groups excluding tert-OH is 1. The molecule has 2 N–H and O–H groups in total. The minimum atomic E-state index is -4.72. The zero-order chi connectivity index (χ0) is 34.1. The maximum atomic E-state index is 14.0. The van der Waals surface area contributed by atoms with Crippen molar-refractivity contribution in [2.75, 3.05) is 45.5 Å². The van der Waals surface area contributed by atoms with E-state index in [4.69, 9.17) is 5.10 Å². The lowest BCUT2D eigenvalue weighted by Crippen LogP contribution is -2.50. The lowest BCUT2D eigenvalue weighted by molar-refractivity contribution is -0.138. The first-order valence-corrected chi connectivity index (χ1v) is 17.4. The van der Waals surface area contributed by atoms with E-state index in [-0.39, 0.29) is 30.8 Å². The van der Waals surface area contributed by atoms with Gasteiger partial charge in [0.25, 0.3) is 5.91 Å². The first kappa shape index (κ1) is 35.0. The standard InChI is InChI=1S/C32H40F4N6O4S/c1-21(2)40-14-12-39(13-15-40)18-26(43)19-42-29-10-11-41(47(3,45)46)20-27(29)30(38-42)23-6-9-28(32(34,35)36)24(16-23)17-37-31(44)22-4-7-25(33)8-5-22/h4-9,16,21,26,43H,10-15,17-20H2,1-3H3,(H,37,44). The molecule has 1 saturated heterocycles. The number of fused-ring (bicyclic) bond motifs is 1. The number of sulfonamides is 1. The summed E-state index contributed by atoms with van der Waals surface area (Å²) in [5.74, 6) is -1.23. The fourth-order valence-corrected chi connectivity index (χ4v) is 6.98. The zero-order valence-electron chi connectivity index (χ0n) is 26.6. The van der Waals surface area contributed by atoms with Crippen molar-refractivity contribution in [1.29, 1.82) is 0 Å². The van der Waals surface area contributed by atoms with Crippen LogP contribution in [0.5, 0.6) is 0 Å². The molecular weight excluding hydrogens is 640 g/mol. The van der Waals surface area contributed by atoms with Crippen LogP contribution in [0.4, 0.5) is 17.6 Å². The third kappa shape index (κ3) is 8.38. The van der Waals surface area contributed by atoms with E-state index in [0.717, 1.165) is 56.3 Å². The molecule has 1 unspecified atom stereocenters. The molecule has 1 aromatic heterocycles. The van der Waals surface area contributed by atoms with Gasteiger partial charge < -0.3 is 10.4 Å². The Morgan fingerprint density at radius 2 is 1.70 bits per heavy atom. The summed E-state index contributed by atoms with van der Waals surface area (Å²) in [4.78, 5) is 17.2. The molecule has 0 bridgehead atoms. The van der Waals surface area contributed by atoms with Gasteiger partial charge in [0.1, 0.15) is 5.82 Å². The number of hydrogen-bond acceptors (Lipinski definition) is 7. The second-order valence-corrected chi connectivity index (χ2v) is 14.4. The smallest absolute Gasteiger partial charge is 0.390 e. The Morgan fingerprint density at radius 3 is 2.32 bits per heavy atom. The summed E-state index contributed by atoms with van der Waals surface area (Å²) in [5, 5.41) is 18.3. The Bertz CT molecular complexity index is 1690. The molecule has 256 valence electrons. The molecule has 10 nitrogen and oxygen atoms in total. The van der Waals surface area contributed by atoms with Gasteiger partial charge in [-0.05, 0) is 55.8 Å². The van der Waals surface area contributed by atoms with Crippen LogP contribution in [0.25, 0.3) is 11.3 Å². The number of carbonyl (C=O) groups excluding carboxylic acids is 1. The van der Waals surface area contributed by atoms with Gasteiger partial charge in [-0.1, -0.05) is 6.07 Å². The normalized spacial score (nSPS) is 17.6. The summed E-state index contributed by atoms with van der Waals surface area (Å²) < 4.78 is 83.3. The van der Waals surface area contributed by atoms with E-state index >= 15 is 0 Å². The van der Waals surface area contributed by atoms with Gasteiger partial charge in [0.05, 0.1) is 30.2 Å². The van der Waals surface area contributed by atoms with Gasteiger partial charge in [0.2, 0.25) is 10.0 Å². The van der Waals surface area contributed by atoms with E-state index < -0.39 is 46.1 Å². The first-order valence-electron chi connectivity index (χ1n) is 15.5. The summed E-state index contributed by atoms with van der Waals surface area (Å²) in [7, 11) is -3.58. The van der Waals surface area contributed by atoms with Crippen molar-refractivity contribution in [3.05, 3.63) is 76.2 Å². The van der Waals surface area contributed by atoms with Crippen LogP contribution >= 0.6 is 0 Å². The molecule has 1 amide bonds. The van der Waals surface area contributed by atoms with Crippen molar-refractivity contribution in [3.63, 3.8) is 0 Å². The topological polar surface area (TPSA) is 111 Å². The number of hydrogen-bond donors (Lipinski definition) is 2. The first-order chi connectivity index (χ1) is 22.1. The Labute approximate surface area is 272 Å². The van der Waals surface area contributed by atoms with Crippen LogP contribution in [0.1, 0.15) is 46.6 Å². The van der Waals surface area contributed by atoms with Crippen molar-refractivity contribution in [3.8, 4) is 11.3 Å². The molecule has 15 heteroatoms. The summed E-state index contributed by atoms with van der Waals surface area (Å²) in [6, 6.07) is 8.58. The molecule has 0 aliphatic carbocycles. The lowest BCUT2D eigenvalue weighted by Gasteiger charge is -2.37. The van der Waals surface area contributed by atoms with Gasteiger partial charge in [-0.3, -0.25) is 19.3 Å². The van der Waals surface area contributed by atoms with Crippen molar-refractivity contribution >= 4 is 15.9 Å². The molecular formula is C32H40F4N6O4S. The fraction of sp³-hybridized carbons (Fsp3) is 0.500. The number of piperazine rings is 1. The van der Waals surface area contributed by atoms with E-state index in [0.29, 0.717) is 35.8 Å². The molecule has 3 heterocycles. The zero-order valence-corrected chi connectivity index (χ0v) is 27.4. The van der Waals surface area contributed by atoms with Crippen molar-refractivity contribution in [2.24, 2.45) is 0 Å². The van der Waals surface area contributed by atoms with Crippen LogP contribution in [-0.4, -0.2) is 101 Å². The molecule has 2 aromatic carbocycles. The number of nitrogens with one attached hydrogen (secondary N) is 1. The molecule has 5 rings (SSSR count). The molecule has 2 aliphatic heterocycles. The van der Waals surface area contributed by atoms with Gasteiger partial charge in [-0.25, -0.2) is 12.8 Å². The Morgan fingerprint density at radius 1 is 1.02 bits per heavy atom. The van der Waals surface area contributed by atoms with Crippen molar-refractivity contribution in [2.45, 2.75) is 58.2 Å². The minimum absolute atomic E-state index is 0.0194. The number of aromatic nitrogens is 2. The van der Waals surface area contributed by atoms with Crippen molar-refractivity contribution < 1.29 is 35.9 Å². The number of rotatable bonds is 10. The Balaban J connectivity index is 1.43. The molecule has 0 saturated carbocycles. The maximum absolute atomic E-state index is 14.0. The number of halogens is 4. The average Bonchev–Trinajstić information content (AvgIpc) is 3.36. The molecule has 1 atom stereocenters. The molecule has 0 radical (unpaired) electrons. The van der Waals surface area contributed by atoms with Gasteiger partial charge in [-0.2, -0.15) is 22.6 Å². The fourth-order valence-electron chi connectivity index (χ4n) is 6.19. The highest BCUT2D eigenvalue weighted by molar-refractivity contribution is 7.88. The second kappa shape index (κ2) is 14.0. The van der Waals surface area contributed by atoms with Gasteiger partial charge in [-0.15, -0.1) is 0 Å². The van der Waals surface area contributed by atoms with Gasteiger partial charge >= 0.3 is 6.18 Å². The molecule has 1 fully saturated rings. The van der Waals surface area contributed by atoms with Crippen LogP contribution < -0.4 is 5.32 Å². The minimum Gasteiger partial charge on any atom is -0.390 e. The predicted octanol–water partition coefficient (Wildman–Crippen LogP) is 3.34. The van der Waals surface area contributed by atoms with Gasteiger partial charge in [0, 0.05) is 87.2 Å². The number of benzene rings is 2. The number of alkyl halides is 3. The lowest BCUT2D eigenvalue weighted by atomic mass is 9.97. The van der Waals surface area contributed by atoms with Crippen LogP contribution in [0, 0.1) is 5.82 Å². The number of carbonyl (C=O) groups is 1. The van der Waals surface area contributed by atoms with E-state index in [9.17, 15) is 35.9 Å². The third-order valence-corrected chi connectivity index (χ3v) is 10.0. The predicted molar refractivity (Wildman–Crippen MR) is 168 cm³/mol. The van der Waals surface area contributed by atoms with E-state index in [1.807, 2.05) is 0 Å². The van der Waals surface area contributed by atoms with E-state index in [2.05, 4.69) is 29.0 Å². The van der Waals surface area contributed by atoms with Crippen LogP contribution in [-0.2, 0) is 42.3 Å². The number of amides is 1. The van der Waals surface area contributed by atoms with Crippen LogP contribution in [0.15, 0.2) is 42.5 Å². The monoisotopic (exact) mass is 680 g/mol. The number of aliphatic hydroxyl groups is 1. The van der Waals surface area contributed by atoms with Gasteiger partial charge in [0.15, 0.2) is 0 Å². The van der Waals surface area contributed by atoms with Crippen molar-refractivity contribution in [1.82, 2.24) is 29.2 Å². The number of β-amino-alcohol motifs (C(OH)–C–C–N with tert-alkyl or cyclic N) is 1. The maximum Gasteiger partial charge on any atom is 0.416 e. The third-order valence-electron chi connectivity index (χ3n) is 8.79. The number of nitrogens with zero attached hydrogens (tertiary/aromatic N) is 5.